The lowest BCUT2D eigenvalue weighted by molar-refractivity contribution is 0.0841. The fourth-order valence-corrected chi connectivity index (χ4v) is 3.34. The highest BCUT2D eigenvalue weighted by atomic mass is 15.2. The predicted molar refractivity (Wildman–Crippen MR) is 78.0 cm³/mol. The molecular formula is C15H31N3. The minimum absolute atomic E-state index is 0.394. The first-order valence-electron chi connectivity index (χ1n) is 7.72. The van der Waals surface area contributed by atoms with Gasteiger partial charge in [0, 0.05) is 31.7 Å². The molecular weight excluding hydrogens is 222 g/mol. The summed E-state index contributed by atoms with van der Waals surface area (Å²) in [5.74, 6) is 0.975. The Balaban J connectivity index is 1.73. The van der Waals surface area contributed by atoms with E-state index in [1.54, 1.807) is 0 Å². The Hall–Kier alpha value is -0.120. The summed E-state index contributed by atoms with van der Waals surface area (Å²) in [6, 6.07) is 0. The average molecular weight is 253 g/mol. The van der Waals surface area contributed by atoms with E-state index < -0.39 is 0 Å². The van der Waals surface area contributed by atoms with E-state index in [0.717, 1.165) is 19.0 Å². The quantitative estimate of drug-likeness (QED) is 0.824. The fraction of sp³-hybridized carbons (Fsp3) is 1.00. The van der Waals surface area contributed by atoms with Crippen molar-refractivity contribution in [3.05, 3.63) is 0 Å². The summed E-state index contributed by atoms with van der Waals surface area (Å²) < 4.78 is 0. The molecule has 0 unspecified atom stereocenters. The summed E-state index contributed by atoms with van der Waals surface area (Å²) >= 11 is 0. The van der Waals surface area contributed by atoms with Crippen LogP contribution in [-0.4, -0.2) is 61.7 Å². The monoisotopic (exact) mass is 253 g/mol. The zero-order chi connectivity index (χ0) is 13.0. The molecule has 0 saturated carbocycles. The maximum Gasteiger partial charge on any atom is 0.0154 e. The van der Waals surface area contributed by atoms with Crippen LogP contribution in [0.25, 0.3) is 0 Å². The molecule has 2 aliphatic heterocycles. The molecule has 0 spiro atoms. The number of piperazine rings is 1. The summed E-state index contributed by atoms with van der Waals surface area (Å²) in [6.07, 6.45) is 5.61. The van der Waals surface area contributed by atoms with Crippen LogP contribution in [0.1, 0.15) is 39.5 Å². The maximum atomic E-state index is 3.45. The van der Waals surface area contributed by atoms with E-state index in [1.807, 2.05) is 0 Å². The Kier molecular flexibility index (Phi) is 5.05. The van der Waals surface area contributed by atoms with Crippen molar-refractivity contribution in [3.63, 3.8) is 0 Å². The predicted octanol–water partition coefficient (Wildman–Crippen LogP) is 1.79. The number of piperidine rings is 1. The largest absolute Gasteiger partial charge is 0.314 e. The van der Waals surface area contributed by atoms with Crippen LogP contribution >= 0.6 is 0 Å². The fourth-order valence-electron chi connectivity index (χ4n) is 3.34. The highest BCUT2D eigenvalue weighted by molar-refractivity contribution is 4.86. The van der Waals surface area contributed by atoms with E-state index in [4.69, 9.17) is 0 Å². The first-order chi connectivity index (χ1) is 8.58. The normalized spacial score (nSPS) is 25.5. The molecule has 0 atom stereocenters. The highest BCUT2D eigenvalue weighted by Crippen LogP contribution is 2.28. The minimum atomic E-state index is 0.394. The third-order valence-electron chi connectivity index (χ3n) is 4.98. The highest BCUT2D eigenvalue weighted by Gasteiger charge is 2.28. The van der Waals surface area contributed by atoms with E-state index >= 15 is 0 Å². The zero-order valence-corrected chi connectivity index (χ0v) is 12.5. The zero-order valence-electron chi connectivity index (χ0n) is 12.5. The number of likely N-dealkylation sites (tertiary alicyclic amines) is 1. The second kappa shape index (κ2) is 6.36. The Morgan fingerprint density at radius 1 is 1.06 bits per heavy atom. The number of rotatable bonds is 4. The van der Waals surface area contributed by atoms with Gasteiger partial charge in [-0.3, -0.25) is 4.90 Å². The minimum Gasteiger partial charge on any atom is -0.314 e. The molecule has 3 nitrogen and oxygen atoms in total. The number of nitrogens with one attached hydrogen (secondary N) is 1. The Morgan fingerprint density at radius 2 is 1.67 bits per heavy atom. The van der Waals surface area contributed by atoms with Crippen LogP contribution in [0.4, 0.5) is 0 Å². The molecule has 2 aliphatic rings. The first-order valence-corrected chi connectivity index (χ1v) is 7.72. The van der Waals surface area contributed by atoms with Gasteiger partial charge in [-0.25, -0.2) is 0 Å². The molecule has 0 radical (unpaired) electrons. The SMILES string of the molecule is CN1CCC(CCC(C)(C)N2CCNCC2)CC1. The smallest absolute Gasteiger partial charge is 0.0154 e. The van der Waals surface area contributed by atoms with E-state index in [9.17, 15) is 0 Å². The van der Waals surface area contributed by atoms with Gasteiger partial charge in [0.1, 0.15) is 0 Å². The molecule has 0 aromatic carbocycles. The molecule has 2 heterocycles. The van der Waals surface area contributed by atoms with Crippen molar-refractivity contribution in [2.24, 2.45) is 5.92 Å². The van der Waals surface area contributed by atoms with Crippen LogP contribution in [0, 0.1) is 5.92 Å². The average Bonchev–Trinajstić information content (AvgIpc) is 2.39. The maximum absolute atomic E-state index is 3.45. The first kappa shape index (κ1) is 14.3. The van der Waals surface area contributed by atoms with Crippen LogP contribution < -0.4 is 5.32 Å². The molecule has 18 heavy (non-hydrogen) atoms. The van der Waals surface area contributed by atoms with Gasteiger partial charge in [-0.15, -0.1) is 0 Å². The van der Waals surface area contributed by atoms with Crippen molar-refractivity contribution in [3.8, 4) is 0 Å². The van der Waals surface area contributed by atoms with Gasteiger partial charge in [-0.2, -0.15) is 0 Å². The third-order valence-corrected chi connectivity index (χ3v) is 4.98. The van der Waals surface area contributed by atoms with E-state index in [0.29, 0.717) is 5.54 Å². The van der Waals surface area contributed by atoms with Crippen LogP contribution in [-0.2, 0) is 0 Å². The Bertz CT molecular complexity index is 238. The van der Waals surface area contributed by atoms with Crippen molar-refractivity contribution in [2.75, 3.05) is 46.3 Å². The van der Waals surface area contributed by atoms with E-state index in [1.165, 1.54) is 51.9 Å². The lowest BCUT2D eigenvalue weighted by Gasteiger charge is -2.42. The summed E-state index contributed by atoms with van der Waals surface area (Å²) in [7, 11) is 2.25. The van der Waals surface area contributed by atoms with Gasteiger partial charge in [0.05, 0.1) is 0 Å². The second-order valence-electron chi connectivity index (χ2n) is 6.83. The molecule has 1 N–H and O–H groups in total. The molecule has 3 heteroatoms. The van der Waals surface area contributed by atoms with Gasteiger partial charge in [0.2, 0.25) is 0 Å². The number of hydrogen-bond donors (Lipinski definition) is 1. The molecule has 0 aromatic rings. The van der Waals surface area contributed by atoms with Crippen molar-refractivity contribution in [2.45, 2.75) is 45.1 Å². The second-order valence-corrected chi connectivity index (χ2v) is 6.83. The molecule has 2 rings (SSSR count). The van der Waals surface area contributed by atoms with Crippen molar-refractivity contribution >= 4 is 0 Å². The molecule has 0 aromatic heterocycles. The van der Waals surface area contributed by atoms with Crippen LogP contribution in [0.3, 0.4) is 0 Å². The number of nitrogens with zero attached hydrogens (tertiary/aromatic N) is 2. The molecule has 106 valence electrons. The molecule has 0 aliphatic carbocycles. The van der Waals surface area contributed by atoms with Crippen molar-refractivity contribution < 1.29 is 0 Å². The Labute approximate surface area is 113 Å². The lowest BCUT2D eigenvalue weighted by Crippen LogP contribution is -2.53. The Morgan fingerprint density at radius 3 is 2.28 bits per heavy atom. The third kappa shape index (κ3) is 3.94. The van der Waals surface area contributed by atoms with Gasteiger partial charge >= 0.3 is 0 Å². The van der Waals surface area contributed by atoms with Crippen molar-refractivity contribution in [1.29, 1.82) is 0 Å². The van der Waals surface area contributed by atoms with Gasteiger partial charge < -0.3 is 10.2 Å². The van der Waals surface area contributed by atoms with Gasteiger partial charge in [0.25, 0.3) is 0 Å². The van der Waals surface area contributed by atoms with Gasteiger partial charge in [-0.05, 0) is 65.6 Å². The van der Waals surface area contributed by atoms with Crippen LogP contribution in [0.15, 0.2) is 0 Å². The van der Waals surface area contributed by atoms with Crippen LogP contribution in [0.2, 0.25) is 0 Å². The molecule has 2 saturated heterocycles. The topological polar surface area (TPSA) is 18.5 Å². The number of hydrogen-bond acceptors (Lipinski definition) is 3. The van der Waals surface area contributed by atoms with Gasteiger partial charge in [0.15, 0.2) is 0 Å². The molecule has 2 fully saturated rings. The van der Waals surface area contributed by atoms with E-state index in [-0.39, 0.29) is 0 Å². The van der Waals surface area contributed by atoms with Gasteiger partial charge in [-0.1, -0.05) is 0 Å². The summed E-state index contributed by atoms with van der Waals surface area (Å²) in [4.78, 5) is 5.15. The summed E-state index contributed by atoms with van der Waals surface area (Å²) in [5, 5.41) is 3.45. The molecule has 0 amide bonds. The van der Waals surface area contributed by atoms with E-state index in [2.05, 4.69) is 36.0 Å². The molecule has 0 bridgehead atoms. The lowest BCUT2D eigenvalue weighted by atomic mass is 9.86. The summed E-state index contributed by atoms with van der Waals surface area (Å²) in [5.41, 5.74) is 0.394. The summed E-state index contributed by atoms with van der Waals surface area (Å²) in [6.45, 7) is 12.3. The standard InChI is InChI=1S/C15H31N3/c1-15(2,18-12-8-16-9-13-18)7-4-14-5-10-17(3)11-6-14/h14,16H,4-13H2,1-3H3. The van der Waals surface area contributed by atoms with Crippen LogP contribution in [0.5, 0.6) is 0 Å². The van der Waals surface area contributed by atoms with Crippen molar-refractivity contribution in [1.82, 2.24) is 15.1 Å².